The molecule has 1 aliphatic carbocycles. The lowest BCUT2D eigenvalue weighted by Gasteiger charge is -2.19. The van der Waals surface area contributed by atoms with Gasteiger partial charge in [-0.25, -0.2) is 0 Å². The molecule has 0 bridgehead atoms. The minimum atomic E-state index is -1.23. The Bertz CT molecular complexity index is 459. The zero-order valence-corrected chi connectivity index (χ0v) is 15.1. The van der Waals surface area contributed by atoms with Crippen molar-refractivity contribution in [3.05, 3.63) is 10.1 Å². The van der Waals surface area contributed by atoms with Gasteiger partial charge in [0.15, 0.2) is 0 Å². The van der Waals surface area contributed by atoms with Crippen LogP contribution in [0.4, 0.5) is 0 Å². The highest BCUT2D eigenvalue weighted by Gasteiger charge is 2.37. The van der Waals surface area contributed by atoms with E-state index in [1.165, 1.54) is 21.0 Å². The van der Waals surface area contributed by atoms with E-state index >= 15 is 0 Å². The second-order valence-electron chi connectivity index (χ2n) is 7.57. The zero-order chi connectivity index (χ0) is 19.1. The third-order valence-corrected chi connectivity index (χ3v) is 4.12. The van der Waals surface area contributed by atoms with E-state index in [0.29, 0.717) is 6.42 Å². The van der Waals surface area contributed by atoms with Crippen LogP contribution in [0.3, 0.4) is 0 Å². The number of Topliss-reactive ketones (excluding diaryl/α,β-unsaturated/α-hetero) is 1. The highest BCUT2D eigenvalue weighted by atomic mass is 16.6. The summed E-state index contributed by atoms with van der Waals surface area (Å²) in [5, 5.41) is 28.2. The Balaban J connectivity index is 0.000000463. The number of aliphatic hydroxyl groups excluding tert-OH is 2. The summed E-state index contributed by atoms with van der Waals surface area (Å²) in [4.78, 5) is 32.2. The van der Waals surface area contributed by atoms with E-state index in [1.54, 1.807) is 0 Å². The number of carbonyl (C=O) groups is 2. The molecule has 1 fully saturated rings. The molecule has 2 unspecified atom stereocenters. The molecule has 1 saturated carbocycles. The largest absolute Gasteiger partial charge is 0.469 e. The molecule has 140 valence electrons. The van der Waals surface area contributed by atoms with Crippen LogP contribution in [0.2, 0.25) is 0 Å². The Morgan fingerprint density at radius 1 is 1.46 bits per heavy atom. The molecule has 8 nitrogen and oxygen atoms in total. The SMILES string of the molecule is CC1(C)CC(=O)C(CO)C1.COC(=O)C(CO)CC(C)(C)[N+](=O)[O-]. The molecule has 24 heavy (non-hydrogen) atoms. The first-order chi connectivity index (χ1) is 10.9. The number of rotatable bonds is 6. The lowest BCUT2D eigenvalue weighted by Crippen LogP contribution is -2.37. The maximum Gasteiger partial charge on any atom is 0.311 e. The fourth-order valence-corrected chi connectivity index (χ4v) is 2.70. The van der Waals surface area contributed by atoms with Gasteiger partial charge in [-0.15, -0.1) is 0 Å². The predicted molar refractivity (Wildman–Crippen MR) is 86.9 cm³/mol. The van der Waals surface area contributed by atoms with E-state index in [-0.39, 0.29) is 30.1 Å². The maximum absolute atomic E-state index is 11.1. The summed E-state index contributed by atoms with van der Waals surface area (Å²) >= 11 is 0. The summed E-state index contributed by atoms with van der Waals surface area (Å²) < 4.78 is 4.41. The number of ether oxygens (including phenoxy) is 1. The number of carbonyl (C=O) groups excluding carboxylic acids is 2. The van der Waals surface area contributed by atoms with Crippen LogP contribution in [-0.4, -0.2) is 52.8 Å². The Labute approximate surface area is 142 Å². The molecule has 1 aliphatic rings. The quantitative estimate of drug-likeness (QED) is 0.420. The number of aliphatic hydroxyl groups is 2. The van der Waals surface area contributed by atoms with Gasteiger partial charge in [0.05, 0.1) is 26.2 Å². The average molecular weight is 347 g/mol. The number of ketones is 1. The number of nitro groups is 1. The fourth-order valence-electron chi connectivity index (χ4n) is 2.70. The molecule has 8 heteroatoms. The standard InChI is InChI=1S/C8H15NO5.C8H14O2/c1-8(2,9(12)13)4-6(5-10)7(11)14-3;1-8(2)3-6(5-9)7(10)4-8/h6,10H,4-5H2,1-3H3;6,9H,3-5H2,1-2H3. The number of hydrogen-bond donors (Lipinski definition) is 2. The normalized spacial score (nSPS) is 20.8. The average Bonchev–Trinajstić information content (AvgIpc) is 2.76. The van der Waals surface area contributed by atoms with Gasteiger partial charge in [-0.2, -0.15) is 0 Å². The summed E-state index contributed by atoms with van der Waals surface area (Å²) in [5.41, 5.74) is -1.11. The smallest absolute Gasteiger partial charge is 0.311 e. The molecule has 0 radical (unpaired) electrons. The molecule has 0 heterocycles. The number of methoxy groups -OCH3 is 1. The van der Waals surface area contributed by atoms with Crippen molar-refractivity contribution in [3.8, 4) is 0 Å². The van der Waals surface area contributed by atoms with Crippen molar-refractivity contribution in [3.63, 3.8) is 0 Å². The van der Waals surface area contributed by atoms with Crippen molar-refractivity contribution in [1.29, 1.82) is 0 Å². The Morgan fingerprint density at radius 2 is 2.00 bits per heavy atom. The van der Waals surface area contributed by atoms with Crippen molar-refractivity contribution in [2.75, 3.05) is 20.3 Å². The van der Waals surface area contributed by atoms with E-state index < -0.39 is 29.0 Å². The second-order valence-corrected chi connectivity index (χ2v) is 7.57. The minimum absolute atomic E-state index is 0.0300. The van der Waals surface area contributed by atoms with Gasteiger partial charge in [0.25, 0.3) is 0 Å². The molecule has 0 spiro atoms. The Hall–Kier alpha value is -1.54. The van der Waals surface area contributed by atoms with E-state index in [0.717, 1.165) is 6.42 Å². The molecular weight excluding hydrogens is 318 g/mol. The minimum Gasteiger partial charge on any atom is -0.469 e. The van der Waals surface area contributed by atoms with Crippen molar-refractivity contribution < 1.29 is 29.5 Å². The monoisotopic (exact) mass is 347 g/mol. The third kappa shape index (κ3) is 6.92. The van der Waals surface area contributed by atoms with Crippen LogP contribution in [0.1, 0.15) is 47.0 Å². The van der Waals surface area contributed by atoms with E-state index in [4.69, 9.17) is 10.2 Å². The van der Waals surface area contributed by atoms with Crippen LogP contribution in [0.5, 0.6) is 0 Å². The molecule has 1 rings (SSSR count). The van der Waals surface area contributed by atoms with Gasteiger partial charge in [-0.05, 0) is 11.8 Å². The van der Waals surface area contributed by atoms with Gasteiger partial charge in [0.1, 0.15) is 5.78 Å². The number of hydrogen-bond acceptors (Lipinski definition) is 7. The molecule has 0 aliphatic heterocycles. The van der Waals surface area contributed by atoms with Crippen molar-refractivity contribution in [2.45, 2.75) is 52.5 Å². The molecular formula is C16H29NO7. The van der Waals surface area contributed by atoms with Gasteiger partial charge in [-0.1, -0.05) is 13.8 Å². The van der Waals surface area contributed by atoms with Crippen LogP contribution in [0.15, 0.2) is 0 Å². The maximum atomic E-state index is 11.1. The Kier molecular flexibility index (Phi) is 8.49. The lowest BCUT2D eigenvalue weighted by molar-refractivity contribution is -0.562. The molecule has 0 aromatic rings. The molecule has 2 N–H and O–H groups in total. The van der Waals surface area contributed by atoms with Gasteiger partial charge in [-0.3, -0.25) is 19.7 Å². The molecule has 0 amide bonds. The Morgan fingerprint density at radius 3 is 2.25 bits per heavy atom. The summed E-state index contributed by atoms with van der Waals surface area (Å²) in [6.07, 6.45) is 1.45. The van der Waals surface area contributed by atoms with Gasteiger partial charge in [0, 0.05) is 37.5 Å². The first kappa shape index (κ1) is 22.5. The fraction of sp³-hybridized carbons (Fsp3) is 0.875. The van der Waals surface area contributed by atoms with E-state index in [2.05, 4.69) is 18.6 Å². The molecule has 2 atom stereocenters. The first-order valence-electron chi connectivity index (χ1n) is 7.87. The zero-order valence-electron chi connectivity index (χ0n) is 15.1. The molecule has 0 aromatic carbocycles. The summed E-state index contributed by atoms with van der Waals surface area (Å²) in [5.74, 6) is -1.30. The second kappa shape index (κ2) is 9.08. The van der Waals surface area contributed by atoms with Crippen LogP contribution in [0.25, 0.3) is 0 Å². The number of esters is 1. The first-order valence-corrected chi connectivity index (χ1v) is 7.87. The van der Waals surface area contributed by atoms with Gasteiger partial charge >= 0.3 is 5.97 Å². The van der Waals surface area contributed by atoms with E-state index in [9.17, 15) is 19.7 Å². The highest BCUT2D eigenvalue weighted by Crippen LogP contribution is 2.37. The molecule has 0 saturated heterocycles. The van der Waals surface area contributed by atoms with Crippen LogP contribution < -0.4 is 0 Å². The predicted octanol–water partition coefficient (Wildman–Crippen LogP) is 1.20. The third-order valence-electron chi connectivity index (χ3n) is 4.12. The van der Waals surface area contributed by atoms with Crippen molar-refractivity contribution in [2.24, 2.45) is 17.3 Å². The summed E-state index contributed by atoms with van der Waals surface area (Å²) in [6.45, 7) is 6.53. The molecule has 0 aromatic heterocycles. The van der Waals surface area contributed by atoms with Crippen LogP contribution in [0, 0.1) is 27.4 Å². The summed E-state index contributed by atoms with van der Waals surface area (Å²) in [6, 6.07) is 0. The summed E-state index contributed by atoms with van der Waals surface area (Å²) in [7, 11) is 1.18. The van der Waals surface area contributed by atoms with Crippen molar-refractivity contribution in [1.82, 2.24) is 0 Å². The number of nitrogens with zero attached hydrogens (tertiary/aromatic N) is 1. The topological polar surface area (TPSA) is 127 Å². The van der Waals surface area contributed by atoms with Gasteiger partial charge in [0.2, 0.25) is 5.54 Å². The van der Waals surface area contributed by atoms with E-state index in [1.807, 2.05) is 0 Å². The highest BCUT2D eigenvalue weighted by molar-refractivity contribution is 5.84. The lowest BCUT2D eigenvalue weighted by atomic mass is 9.91. The van der Waals surface area contributed by atoms with Crippen LogP contribution in [-0.2, 0) is 14.3 Å². The van der Waals surface area contributed by atoms with Crippen molar-refractivity contribution >= 4 is 11.8 Å². The van der Waals surface area contributed by atoms with Gasteiger partial charge < -0.3 is 14.9 Å². The van der Waals surface area contributed by atoms with Crippen LogP contribution >= 0.6 is 0 Å².